The van der Waals surface area contributed by atoms with Crippen molar-refractivity contribution in [3.05, 3.63) is 53.7 Å². The maximum atomic E-state index is 11.5. The third kappa shape index (κ3) is 5.92. The van der Waals surface area contributed by atoms with Crippen LogP contribution in [0.1, 0.15) is 88.5 Å². The molecule has 1 aliphatic carbocycles. The second-order valence-electron chi connectivity index (χ2n) is 10.3. The predicted molar refractivity (Wildman–Crippen MR) is 143 cm³/mol. The third-order valence-electron chi connectivity index (χ3n) is 8.20. The van der Waals surface area contributed by atoms with Gasteiger partial charge in [0.15, 0.2) is 6.23 Å². The molecular formula is C29H44N4O. The van der Waals surface area contributed by atoms with Gasteiger partial charge in [-0.25, -0.2) is 4.98 Å². The number of anilines is 2. The maximum Gasteiger partial charge on any atom is 0.153 e. The molecule has 4 rings (SSSR count). The Labute approximate surface area is 206 Å². The largest absolute Gasteiger partial charge is 0.369 e. The summed E-state index contributed by atoms with van der Waals surface area (Å²) in [5, 5.41) is 14.9. The molecule has 2 aliphatic rings. The van der Waals surface area contributed by atoms with Gasteiger partial charge in [-0.1, -0.05) is 70.2 Å². The standard InChI is InChI=1S/C29H44N4O/c1-4-22(5-2)20-33(27-15-16-28(31-19-27)32-18-17-26(21-32)30-3)29(34)25-13-11-24(12-14-25)23-9-7-6-8-10-23/h11-16,19,22-23,26,29-30,34H,4-10,17-18,20-21H2,1-3H3. The van der Waals surface area contributed by atoms with E-state index < -0.39 is 6.23 Å². The highest BCUT2D eigenvalue weighted by molar-refractivity contribution is 5.52. The fourth-order valence-corrected chi connectivity index (χ4v) is 5.67. The Morgan fingerprint density at radius 2 is 1.76 bits per heavy atom. The molecule has 0 bridgehead atoms. The number of aliphatic hydroxyl groups is 1. The van der Waals surface area contributed by atoms with Crippen molar-refractivity contribution >= 4 is 11.5 Å². The molecule has 1 saturated heterocycles. The number of hydrogen-bond donors (Lipinski definition) is 2. The summed E-state index contributed by atoms with van der Waals surface area (Å²) < 4.78 is 0. The number of pyridine rings is 1. The highest BCUT2D eigenvalue weighted by Gasteiger charge is 2.25. The van der Waals surface area contributed by atoms with E-state index in [-0.39, 0.29) is 0 Å². The van der Waals surface area contributed by atoms with E-state index in [2.05, 4.69) is 65.4 Å². The summed E-state index contributed by atoms with van der Waals surface area (Å²) in [6, 6.07) is 13.6. The van der Waals surface area contributed by atoms with E-state index in [1.165, 1.54) is 37.7 Å². The molecule has 34 heavy (non-hydrogen) atoms. The Bertz CT molecular complexity index is 859. The number of rotatable bonds is 10. The Kier molecular flexibility index (Phi) is 8.85. The molecule has 2 aromatic rings. The van der Waals surface area contributed by atoms with Gasteiger partial charge in [0.05, 0.1) is 11.9 Å². The van der Waals surface area contributed by atoms with Crippen LogP contribution in [0.3, 0.4) is 0 Å². The molecule has 2 heterocycles. The highest BCUT2D eigenvalue weighted by Crippen LogP contribution is 2.34. The van der Waals surface area contributed by atoms with E-state index in [9.17, 15) is 5.11 Å². The van der Waals surface area contributed by atoms with Gasteiger partial charge in [-0.3, -0.25) is 0 Å². The minimum absolute atomic E-state index is 0.533. The van der Waals surface area contributed by atoms with Crippen molar-refractivity contribution in [1.29, 1.82) is 0 Å². The zero-order valence-corrected chi connectivity index (χ0v) is 21.4. The van der Waals surface area contributed by atoms with Crippen LogP contribution in [0.15, 0.2) is 42.6 Å². The van der Waals surface area contributed by atoms with Crippen LogP contribution in [0, 0.1) is 5.92 Å². The zero-order valence-electron chi connectivity index (χ0n) is 21.4. The van der Waals surface area contributed by atoms with Crippen LogP contribution in [0.25, 0.3) is 0 Å². The van der Waals surface area contributed by atoms with Gasteiger partial charge in [-0.15, -0.1) is 0 Å². The normalized spacial score (nSPS) is 20.1. The van der Waals surface area contributed by atoms with Crippen molar-refractivity contribution < 1.29 is 5.11 Å². The minimum Gasteiger partial charge on any atom is -0.369 e. The molecule has 1 aliphatic heterocycles. The van der Waals surface area contributed by atoms with Crippen molar-refractivity contribution in [2.45, 2.75) is 83.4 Å². The Morgan fingerprint density at radius 1 is 1.03 bits per heavy atom. The van der Waals surface area contributed by atoms with Crippen LogP contribution >= 0.6 is 0 Å². The highest BCUT2D eigenvalue weighted by atomic mass is 16.3. The quantitative estimate of drug-likeness (QED) is 0.431. The zero-order chi connectivity index (χ0) is 23.9. The summed E-state index contributed by atoms with van der Waals surface area (Å²) in [4.78, 5) is 9.29. The summed E-state index contributed by atoms with van der Waals surface area (Å²) in [5.74, 6) is 2.24. The Morgan fingerprint density at radius 3 is 2.35 bits per heavy atom. The molecule has 186 valence electrons. The van der Waals surface area contributed by atoms with Crippen LogP contribution in [0.5, 0.6) is 0 Å². The summed E-state index contributed by atoms with van der Waals surface area (Å²) in [6.07, 6.45) is 11.3. The van der Waals surface area contributed by atoms with E-state index in [1.54, 1.807) is 0 Å². The number of hydrogen-bond acceptors (Lipinski definition) is 5. The van der Waals surface area contributed by atoms with Crippen molar-refractivity contribution in [1.82, 2.24) is 10.3 Å². The van der Waals surface area contributed by atoms with E-state index >= 15 is 0 Å². The molecular weight excluding hydrogens is 420 g/mol. The Balaban J connectivity index is 1.52. The molecule has 0 spiro atoms. The number of benzene rings is 1. The lowest BCUT2D eigenvalue weighted by Crippen LogP contribution is -2.33. The molecule has 0 amide bonds. The van der Waals surface area contributed by atoms with Crippen LogP contribution in [-0.2, 0) is 0 Å². The monoisotopic (exact) mass is 464 g/mol. The van der Waals surface area contributed by atoms with Gasteiger partial charge in [0, 0.05) is 31.2 Å². The number of aliphatic hydroxyl groups excluding tert-OH is 1. The van der Waals surface area contributed by atoms with E-state index in [4.69, 9.17) is 4.98 Å². The average molecular weight is 465 g/mol. The van der Waals surface area contributed by atoms with Gasteiger partial charge in [0.1, 0.15) is 5.82 Å². The van der Waals surface area contributed by atoms with Gasteiger partial charge >= 0.3 is 0 Å². The minimum atomic E-state index is -0.672. The van der Waals surface area contributed by atoms with Crippen molar-refractivity contribution in [2.24, 2.45) is 5.92 Å². The van der Waals surface area contributed by atoms with Crippen LogP contribution in [-0.4, -0.2) is 42.8 Å². The molecule has 5 nitrogen and oxygen atoms in total. The SMILES string of the molecule is CCC(CC)CN(c1ccc(N2CCC(NC)C2)nc1)C(O)c1ccc(C2CCCCC2)cc1. The van der Waals surface area contributed by atoms with Crippen molar-refractivity contribution in [3.8, 4) is 0 Å². The summed E-state index contributed by atoms with van der Waals surface area (Å²) >= 11 is 0. The molecule has 1 saturated carbocycles. The summed E-state index contributed by atoms with van der Waals surface area (Å²) in [5.41, 5.74) is 3.38. The number of likely N-dealkylation sites (N-methyl/N-ethyl adjacent to an activating group) is 1. The molecule has 1 aromatic carbocycles. The lowest BCUT2D eigenvalue weighted by atomic mass is 9.84. The molecule has 5 heteroatoms. The molecule has 0 radical (unpaired) electrons. The molecule has 2 fully saturated rings. The fourth-order valence-electron chi connectivity index (χ4n) is 5.67. The van der Waals surface area contributed by atoms with Crippen molar-refractivity contribution in [2.75, 3.05) is 36.5 Å². The second-order valence-corrected chi connectivity index (χ2v) is 10.3. The number of aromatic nitrogens is 1. The van der Waals surface area contributed by atoms with E-state index in [0.29, 0.717) is 17.9 Å². The van der Waals surface area contributed by atoms with Gasteiger partial charge in [0.2, 0.25) is 0 Å². The first-order chi connectivity index (χ1) is 16.6. The number of nitrogens with one attached hydrogen (secondary N) is 1. The molecule has 2 unspecified atom stereocenters. The number of nitrogens with zero attached hydrogens (tertiary/aromatic N) is 3. The first kappa shape index (κ1) is 25.0. The Hall–Kier alpha value is -2.11. The first-order valence-corrected chi connectivity index (χ1v) is 13.6. The lowest BCUT2D eigenvalue weighted by molar-refractivity contribution is 0.165. The molecule has 2 atom stereocenters. The molecule has 1 aromatic heterocycles. The second kappa shape index (κ2) is 12.0. The third-order valence-corrected chi connectivity index (χ3v) is 8.20. The first-order valence-electron chi connectivity index (χ1n) is 13.6. The van der Waals surface area contributed by atoms with Crippen LogP contribution < -0.4 is 15.1 Å². The topological polar surface area (TPSA) is 51.6 Å². The molecule has 2 N–H and O–H groups in total. The van der Waals surface area contributed by atoms with Crippen LogP contribution in [0.2, 0.25) is 0 Å². The maximum absolute atomic E-state index is 11.5. The van der Waals surface area contributed by atoms with E-state index in [1.807, 2.05) is 13.2 Å². The average Bonchev–Trinajstić information content (AvgIpc) is 3.39. The van der Waals surface area contributed by atoms with E-state index in [0.717, 1.165) is 56.0 Å². The fraction of sp³-hybridized carbons (Fsp3) is 0.621. The van der Waals surface area contributed by atoms with Gasteiger partial charge in [-0.2, -0.15) is 0 Å². The lowest BCUT2D eigenvalue weighted by Gasteiger charge is -2.33. The summed E-state index contributed by atoms with van der Waals surface area (Å²) in [7, 11) is 2.03. The van der Waals surface area contributed by atoms with Gasteiger partial charge < -0.3 is 20.2 Å². The van der Waals surface area contributed by atoms with Gasteiger partial charge in [0.25, 0.3) is 0 Å². The predicted octanol–water partition coefficient (Wildman–Crippen LogP) is 5.86. The summed E-state index contributed by atoms with van der Waals surface area (Å²) in [6.45, 7) is 7.34. The van der Waals surface area contributed by atoms with Gasteiger partial charge in [-0.05, 0) is 55.8 Å². The smallest absolute Gasteiger partial charge is 0.153 e. The van der Waals surface area contributed by atoms with Crippen molar-refractivity contribution in [3.63, 3.8) is 0 Å². The van der Waals surface area contributed by atoms with Crippen LogP contribution in [0.4, 0.5) is 11.5 Å².